The summed E-state index contributed by atoms with van der Waals surface area (Å²) in [6.45, 7) is 5.35. The van der Waals surface area contributed by atoms with Gasteiger partial charge in [0.2, 0.25) is 0 Å². The number of hydrogen-bond acceptors (Lipinski definition) is 3. The maximum atomic E-state index is 10.4. The molecule has 120 valence electrons. The molecule has 0 bridgehead atoms. The van der Waals surface area contributed by atoms with E-state index in [4.69, 9.17) is 4.42 Å². The fourth-order valence-electron chi connectivity index (χ4n) is 2.09. The van der Waals surface area contributed by atoms with Crippen molar-refractivity contribution in [2.24, 2.45) is 12.0 Å². The average Bonchev–Trinajstić information content (AvgIpc) is 3.13. The zero-order chi connectivity index (χ0) is 16.0. The van der Waals surface area contributed by atoms with Crippen LogP contribution in [0.5, 0.6) is 0 Å². The molecular weight excluding hydrogens is 280 g/mol. The molecule has 0 aliphatic rings. The normalized spacial score (nSPS) is 14.6. The largest absolute Gasteiger partial charge is 0.466 e. The van der Waals surface area contributed by atoms with Crippen LogP contribution in [0.4, 0.5) is 0 Å². The van der Waals surface area contributed by atoms with Crippen LogP contribution in [0.3, 0.4) is 0 Å². The molecule has 6 nitrogen and oxygen atoms in total. The third kappa shape index (κ3) is 4.39. The number of aromatic nitrogens is 1. The number of aryl methyl sites for hydroxylation is 1. The van der Waals surface area contributed by atoms with Gasteiger partial charge in [-0.15, -0.1) is 0 Å². The Morgan fingerprint density at radius 3 is 2.82 bits per heavy atom. The third-order valence-corrected chi connectivity index (χ3v) is 3.31. The van der Waals surface area contributed by atoms with Crippen LogP contribution in [0.15, 0.2) is 46.3 Å². The summed E-state index contributed by atoms with van der Waals surface area (Å²) >= 11 is 0. The van der Waals surface area contributed by atoms with Crippen molar-refractivity contribution in [2.75, 3.05) is 13.1 Å². The number of hydrogen-bond donors (Lipinski definition) is 3. The highest BCUT2D eigenvalue weighted by molar-refractivity contribution is 5.79. The van der Waals surface area contributed by atoms with E-state index in [0.29, 0.717) is 24.8 Å². The van der Waals surface area contributed by atoms with Crippen LogP contribution in [0.25, 0.3) is 0 Å². The summed E-state index contributed by atoms with van der Waals surface area (Å²) in [5.41, 5.74) is 0.0457. The summed E-state index contributed by atoms with van der Waals surface area (Å²) in [5, 5.41) is 16.8. The monoisotopic (exact) mass is 304 g/mol. The molecule has 0 radical (unpaired) electrons. The lowest BCUT2D eigenvalue weighted by Gasteiger charge is -2.22. The summed E-state index contributed by atoms with van der Waals surface area (Å²) in [6.07, 6.45) is 5.58. The first-order valence-corrected chi connectivity index (χ1v) is 7.40. The van der Waals surface area contributed by atoms with Gasteiger partial charge in [-0.25, -0.2) is 4.99 Å². The Morgan fingerprint density at radius 2 is 2.23 bits per heavy atom. The Hall–Kier alpha value is -2.21. The van der Waals surface area contributed by atoms with Crippen molar-refractivity contribution in [3.8, 4) is 0 Å². The van der Waals surface area contributed by atoms with Crippen LogP contribution >= 0.6 is 0 Å². The number of rotatable bonds is 6. The van der Waals surface area contributed by atoms with Crippen molar-refractivity contribution in [1.29, 1.82) is 0 Å². The maximum Gasteiger partial charge on any atom is 0.191 e. The molecule has 0 aromatic carbocycles. The van der Waals surface area contributed by atoms with Gasteiger partial charge in [-0.2, -0.15) is 0 Å². The van der Waals surface area contributed by atoms with E-state index in [1.165, 1.54) is 0 Å². The average molecular weight is 304 g/mol. The Bertz CT molecular complexity index is 599. The Labute approximate surface area is 130 Å². The zero-order valence-corrected chi connectivity index (χ0v) is 13.3. The summed E-state index contributed by atoms with van der Waals surface area (Å²) in [5.74, 6) is 1.19. The summed E-state index contributed by atoms with van der Waals surface area (Å²) in [4.78, 5) is 4.52. The van der Waals surface area contributed by atoms with E-state index in [1.54, 1.807) is 25.3 Å². The quantitative estimate of drug-likeness (QED) is 0.559. The van der Waals surface area contributed by atoms with Crippen LogP contribution in [0.2, 0.25) is 0 Å². The predicted octanol–water partition coefficient (Wildman–Crippen LogP) is 1.58. The van der Waals surface area contributed by atoms with Crippen LogP contribution in [0.1, 0.15) is 25.2 Å². The molecule has 22 heavy (non-hydrogen) atoms. The lowest BCUT2D eigenvalue weighted by molar-refractivity contribution is 0.0386. The van der Waals surface area contributed by atoms with Crippen molar-refractivity contribution >= 4 is 5.96 Å². The lowest BCUT2D eigenvalue weighted by atomic mass is 10.0. The van der Waals surface area contributed by atoms with E-state index in [1.807, 2.05) is 37.0 Å². The molecule has 3 N–H and O–H groups in total. The Balaban J connectivity index is 1.96. The number of guanidine groups is 1. The van der Waals surface area contributed by atoms with Crippen LogP contribution in [-0.2, 0) is 19.2 Å². The van der Waals surface area contributed by atoms with Gasteiger partial charge in [0.15, 0.2) is 5.96 Å². The van der Waals surface area contributed by atoms with Crippen molar-refractivity contribution in [3.05, 3.63) is 48.2 Å². The lowest BCUT2D eigenvalue weighted by Crippen LogP contribution is -2.44. The molecular formula is C16H24N4O2. The first kappa shape index (κ1) is 16.2. The number of nitrogens with zero attached hydrogens (tertiary/aromatic N) is 2. The SMILES string of the molecule is CCNC(=NCc1ccn(C)c1)NCC(C)(O)c1ccco1. The second-order valence-electron chi connectivity index (χ2n) is 5.49. The molecule has 0 aliphatic carbocycles. The van der Waals surface area contributed by atoms with E-state index in [-0.39, 0.29) is 0 Å². The Kier molecular flexibility index (Phi) is 5.27. The Morgan fingerprint density at radius 1 is 1.41 bits per heavy atom. The van der Waals surface area contributed by atoms with Crippen molar-refractivity contribution in [2.45, 2.75) is 26.0 Å². The van der Waals surface area contributed by atoms with Gasteiger partial charge in [-0.05, 0) is 37.6 Å². The van der Waals surface area contributed by atoms with E-state index in [9.17, 15) is 5.11 Å². The molecule has 0 fully saturated rings. The summed E-state index contributed by atoms with van der Waals surface area (Å²) in [6, 6.07) is 5.56. The van der Waals surface area contributed by atoms with Crippen molar-refractivity contribution < 1.29 is 9.52 Å². The molecule has 2 rings (SSSR count). The molecule has 0 amide bonds. The van der Waals surface area contributed by atoms with Crippen molar-refractivity contribution in [3.63, 3.8) is 0 Å². The van der Waals surface area contributed by atoms with Gasteiger partial charge < -0.3 is 24.7 Å². The molecule has 2 aromatic heterocycles. The first-order valence-electron chi connectivity index (χ1n) is 7.40. The standard InChI is InChI=1S/C16H24N4O2/c1-4-17-15(18-10-13-7-8-20(3)11-13)19-12-16(2,21)14-6-5-9-22-14/h5-9,11,21H,4,10,12H2,1-3H3,(H2,17,18,19). The van der Waals surface area contributed by atoms with Gasteiger partial charge in [0.05, 0.1) is 19.4 Å². The fraction of sp³-hybridized carbons (Fsp3) is 0.438. The minimum absolute atomic E-state index is 0.307. The zero-order valence-electron chi connectivity index (χ0n) is 13.3. The highest BCUT2D eigenvalue weighted by Gasteiger charge is 2.26. The summed E-state index contributed by atoms with van der Waals surface area (Å²) in [7, 11) is 1.98. The van der Waals surface area contributed by atoms with Crippen molar-refractivity contribution in [1.82, 2.24) is 15.2 Å². The highest BCUT2D eigenvalue weighted by Crippen LogP contribution is 2.19. The van der Waals surface area contributed by atoms with Crippen LogP contribution in [-0.4, -0.2) is 28.7 Å². The van der Waals surface area contributed by atoms with E-state index < -0.39 is 5.60 Å². The van der Waals surface area contributed by atoms with Gasteiger partial charge in [-0.1, -0.05) is 0 Å². The van der Waals surface area contributed by atoms with Gasteiger partial charge >= 0.3 is 0 Å². The fourth-order valence-corrected chi connectivity index (χ4v) is 2.09. The van der Waals surface area contributed by atoms with Crippen LogP contribution in [0, 0.1) is 0 Å². The van der Waals surface area contributed by atoms with Gasteiger partial charge in [-0.3, -0.25) is 0 Å². The second kappa shape index (κ2) is 7.17. The molecule has 2 heterocycles. The topological polar surface area (TPSA) is 74.7 Å². The minimum atomic E-state index is -1.09. The number of aliphatic hydroxyl groups is 1. The third-order valence-electron chi connectivity index (χ3n) is 3.31. The van der Waals surface area contributed by atoms with Crippen LogP contribution < -0.4 is 10.6 Å². The first-order chi connectivity index (χ1) is 10.5. The smallest absolute Gasteiger partial charge is 0.191 e. The molecule has 0 aliphatic heterocycles. The molecule has 0 spiro atoms. The molecule has 0 saturated carbocycles. The van der Waals surface area contributed by atoms with E-state index >= 15 is 0 Å². The van der Waals surface area contributed by atoms with Gasteiger partial charge in [0, 0.05) is 26.0 Å². The van der Waals surface area contributed by atoms with E-state index in [0.717, 1.165) is 12.1 Å². The number of aliphatic imine (C=N–C) groups is 1. The highest BCUT2D eigenvalue weighted by atomic mass is 16.4. The summed E-state index contributed by atoms with van der Waals surface area (Å²) < 4.78 is 7.26. The predicted molar refractivity (Wildman–Crippen MR) is 86.5 cm³/mol. The number of nitrogens with one attached hydrogen (secondary N) is 2. The van der Waals surface area contributed by atoms with Gasteiger partial charge in [0.1, 0.15) is 11.4 Å². The van der Waals surface area contributed by atoms with E-state index in [2.05, 4.69) is 15.6 Å². The maximum absolute atomic E-state index is 10.4. The van der Waals surface area contributed by atoms with Gasteiger partial charge in [0.25, 0.3) is 0 Å². The minimum Gasteiger partial charge on any atom is -0.466 e. The second-order valence-corrected chi connectivity index (χ2v) is 5.49. The molecule has 1 unspecified atom stereocenters. The molecule has 2 aromatic rings. The molecule has 1 atom stereocenters. The molecule has 0 saturated heterocycles. The number of furan rings is 1. The molecule has 6 heteroatoms.